The predicted octanol–water partition coefficient (Wildman–Crippen LogP) is 3.45. The molecule has 1 aromatic rings. The lowest BCUT2D eigenvalue weighted by Crippen LogP contribution is -2.48. The summed E-state index contributed by atoms with van der Waals surface area (Å²) in [5.74, 6) is 2.02. The lowest BCUT2D eigenvalue weighted by Gasteiger charge is -2.56. The number of rotatable bonds is 5. The molecule has 2 bridgehead atoms. The van der Waals surface area contributed by atoms with Crippen molar-refractivity contribution in [3.8, 4) is 0 Å². The molecule has 0 saturated heterocycles. The van der Waals surface area contributed by atoms with Crippen LogP contribution in [-0.4, -0.2) is 17.7 Å². The van der Waals surface area contributed by atoms with Crippen LogP contribution in [0.25, 0.3) is 0 Å². The Kier molecular flexibility index (Phi) is 3.64. The summed E-state index contributed by atoms with van der Waals surface area (Å²) in [6.45, 7) is 7.00. The second-order valence-corrected chi connectivity index (χ2v) is 6.90. The Bertz CT molecular complexity index is 570. The lowest BCUT2D eigenvalue weighted by atomic mass is 9.48. The molecule has 1 heterocycles. The van der Waals surface area contributed by atoms with Crippen molar-refractivity contribution in [3.05, 3.63) is 29.2 Å². The topological polar surface area (TPSA) is 52.3 Å². The van der Waals surface area contributed by atoms with Gasteiger partial charge in [-0.3, -0.25) is 4.79 Å². The number of fused-ring (bicyclic) bond motifs is 1. The maximum absolute atomic E-state index is 11.8. The molecule has 4 nitrogen and oxygen atoms in total. The fraction of sp³-hybridized carbons (Fsp3) is 0.647. The van der Waals surface area contributed by atoms with Crippen molar-refractivity contribution in [1.29, 1.82) is 0 Å². The third-order valence-corrected chi connectivity index (χ3v) is 5.24. The highest BCUT2D eigenvalue weighted by molar-refractivity contribution is 5.71. The Labute approximate surface area is 125 Å². The van der Waals surface area contributed by atoms with Crippen LogP contribution in [0.5, 0.6) is 0 Å². The zero-order chi connectivity index (χ0) is 15.0. The van der Waals surface area contributed by atoms with Gasteiger partial charge in [0, 0.05) is 12.5 Å². The Morgan fingerprint density at radius 3 is 2.95 bits per heavy atom. The number of nitrogens with zero attached hydrogens (tertiary/aromatic N) is 1. The van der Waals surface area contributed by atoms with E-state index in [0.29, 0.717) is 29.4 Å². The van der Waals surface area contributed by atoms with Crippen molar-refractivity contribution >= 4 is 5.97 Å². The number of carbonyl (C=O) groups is 1. The first kappa shape index (κ1) is 14.4. The van der Waals surface area contributed by atoms with Gasteiger partial charge in [0.15, 0.2) is 0 Å². The molecule has 0 aliphatic heterocycles. The van der Waals surface area contributed by atoms with Gasteiger partial charge < -0.3 is 9.26 Å². The van der Waals surface area contributed by atoms with Crippen LogP contribution >= 0.6 is 0 Å². The summed E-state index contributed by atoms with van der Waals surface area (Å²) in [6, 6.07) is 1.77. The molecule has 4 rings (SSSR count). The number of esters is 1. The van der Waals surface area contributed by atoms with E-state index in [9.17, 15) is 4.79 Å². The van der Waals surface area contributed by atoms with Gasteiger partial charge in [0.1, 0.15) is 5.76 Å². The molecule has 0 unspecified atom stereocenters. The Morgan fingerprint density at radius 1 is 1.52 bits per heavy atom. The molecule has 1 saturated carbocycles. The molecule has 0 N–H and O–H groups in total. The van der Waals surface area contributed by atoms with Gasteiger partial charge in [-0.15, -0.1) is 0 Å². The van der Waals surface area contributed by atoms with Gasteiger partial charge in [0.25, 0.3) is 0 Å². The Balaban J connectivity index is 1.44. The average molecular weight is 289 g/mol. The number of aromatic nitrogens is 1. The molecule has 0 spiro atoms. The number of ether oxygens (including phenoxy) is 1. The van der Waals surface area contributed by atoms with Gasteiger partial charge in [0.05, 0.1) is 18.7 Å². The van der Waals surface area contributed by atoms with Crippen LogP contribution in [0.2, 0.25) is 0 Å². The fourth-order valence-electron chi connectivity index (χ4n) is 3.74. The number of carbonyl (C=O) groups excluding carboxylic acids is 1. The van der Waals surface area contributed by atoms with E-state index in [1.165, 1.54) is 18.4 Å². The van der Waals surface area contributed by atoms with Crippen LogP contribution in [0.4, 0.5) is 0 Å². The monoisotopic (exact) mass is 289 g/mol. The quantitative estimate of drug-likeness (QED) is 0.615. The van der Waals surface area contributed by atoms with Crippen molar-refractivity contribution in [3.63, 3.8) is 0 Å². The molecule has 1 aromatic heterocycles. The van der Waals surface area contributed by atoms with Gasteiger partial charge in [-0.2, -0.15) is 0 Å². The fourth-order valence-corrected chi connectivity index (χ4v) is 3.74. The lowest BCUT2D eigenvalue weighted by molar-refractivity contribution is -0.143. The molecule has 3 aliphatic rings. The third-order valence-electron chi connectivity index (χ3n) is 5.24. The van der Waals surface area contributed by atoms with Gasteiger partial charge in [-0.1, -0.05) is 30.7 Å². The number of hydrogen-bond donors (Lipinski definition) is 0. The maximum Gasteiger partial charge on any atom is 0.312 e. The van der Waals surface area contributed by atoms with E-state index in [-0.39, 0.29) is 12.4 Å². The highest BCUT2D eigenvalue weighted by Gasteiger charge is 2.50. The van der Waals surface area contributed by atoms with E-state index in [4.69, 9.17) is 9.26 Å². The minimum atomic E-state index is -0.231. The summed E-state index contributed by atoms with van der Waals surface area (Å²) in [4.78, 5) is 11.8. The highest BCUT2D eigenvalue weighted by Crippen LogP contribution is 2.59. The average Bonchev–Trinajstić information content (AvgIpc) is 2.84. The largest absolute Gasteiger partial charge is 0.465 e. The molecule has 4 heteroatoms. The second kappa shape index (κ2) is 5.32. The van der Waals surface area contributed by atoms with Gasteiger partial charge >= 0.3 is 5.97 Å². The molecule has 21 heavy (non-hydrogen) atoms. The summed E-state index contributed by atoms with van der Waals surface area (Å²) in [6.07, 6.45) is 5.91. The van der Waals surface area contributed by atoms with E-state index in [1.807, 2.05) is 6.92 Å². The molecule has 0 amide bonds. The first-order valence-electron chi connectivity index (χ1n) is 7.73. The predicted molar refractivity (Wildman–Crippen MR) is 78.6 cm³/mol. The molecule has 0 aromatic carbocycles. The van der Waals surface area contributed by atoms with Crippen LogP contribution in [0.15, 0.2) is 22.2 Å². The molecule has 0 radical (unpaired) electrons. The van der Waals surface area contributed by atoms with Gasteiger partial charge in [-0.05, 0) is 37.0 Å². The zero-order valence-corrected chi connectivity index (χ0v) is 13.0. The minimum absolute atomic E-state index is 0.188. The molecular formula is C17H23NO3. The number of aryl methyl sites for hydroxylation is 1. The molecule has 2 atom stereocenters. The van der Waals surface area contributed by atoms with Gasteiger partial charge in [0.2, 0.25) is 0 Å². The van der Waals surface area contributed by atoms with Crippen molar-refractivity contribution < 1.29 is 14.1 Å². The highest BCUT2D eigenvalue weighted by atomic mass is 16.5. The Morgan fingerprint density at radius 2 is 2.33 bits per heavy atom. The first-order valence-corrected chi connectivity index (χ1v) is 7.73. The molecular weight excluding hydrogens is 266 g/mol. The van der Waals surface area contributed by atoms with E-state index in [2.05, 4.69) is 25.1 Å². The summed E-state index contributed by atoms with van der Waals surface area (Å²) >= 11 is 0. The van der Waals surface area contributed by atoms with E-state index in [0.717, 1.165) is 12.3 Å². The summed E-state index contributed by atoms with van der Waals surface area (Å²) in [7, 11) is 0. The molecule has 3 aliphatic carbocycles. The third kappa shape index (κ3) is 2.76. The van der Waals surface area contributed by atoms with E-state index >= 15 is 0 Å². The summed E-state index contributed by atoms with van der Waals surface area (Å²) in [5.41, 5.74) is 2.55. The number of hydrogen-bond acceptors (Lipinski definition) is 4. The Hall–Kier alpha value is -1.58. The number of allylic oxidation sites excluding steroid dienone is 1. The van der Waals surface area contributed by atoms with Crippen LogP contribution in [0.1, 0.15) is 44.6 Å². The van der Waals surface area contributed by atoms with Crippen molar-refractivity contribution in [2.45, 2.75) is 46.5 Å². The van der Waals surface area contributed by atoms with Crippen molar-refractivity contribution in [1.82, 2.24) is 5.16 Å². The zero-order valence-electron chi connectivity index (χ0n) is 13.0. The van der Waals surface area contributed by atoms with Crippen molar-refractivity contribution in [2.75, 3.05) is 6.61 Å². The second-order valence-electron chi connectivity index (χ2n) is 6.90. The smallest absolute Gasteiger partial charge is 0.312 e. The van der Waals surface area contributed by atoms with Crippen LogP contribution in [0.3, 0.4) is 0 Å². The summed E-state index contributed by atoms with van der Waals surface area (Å²) < 4.78 is 10.3. The normalized spacial score (nSPS) is 26.0. The van der Waals surface area contributed by atoms with E-state index in [1.54, 1.807) is 6.07 Å². The standard InChI is InChI=1S/C17H23NO3/c1-11-8-14(18-21-11)10-16(19)20-7-6-12-4-5-13-9-15(12)17(13,2)3/h4,8,13,15H,5-7,9-10H2,1-3H3/t13-,15-/m0/s1. The summed E-state index contributed by atoms with van der Waals surface area (Å²) in [5, 5.41) is 3.80. The van der Waals surface area contributed by atoms with E-state index < -0.39 is 0 Å². The SMILES string of the molecule is Cc1cc(CC(=O)OCCC2=CC[C@H]3C[C@@H]2C3(C)C)no1. The van der Waals surface area contributed by atoms with Crippen LogP contribution in [0, 0.1) is 24.2 Å². The first-order chi connectivity index (χ1) is 9.96. The molecule has 1 fully saturated rings. The van der Waals surface area contributed by atoms with Crippen LogP contribution < -0.4 is 0 Å². The van der Waals surface area contributed by atoms with Crippen LogP contribution in [-0.2, 0) is 16.0 Å². The maximum atomic E-state index is 11.8. The van der Waals surface area contributed by atoms with Gasteiger partial charge in [-0.25, -0.2) is 0 Å². The molecule has 114 valence electrons. The van der Waals surface area contributed by atoms with Crippen molar-refractivity contribution in [2.24, 2.45) is 17.3 Å². The minimum Gasteiger partial charge on any atom is -0.465 e.